The Labute approximate surface area is 75.2 Å². The fraction of sp³-hybridized carbons (Fsp3) is 0.600. The van der Waals surface area contributed by atoms with Crippen LogP contribution in [0.5, 0.6) is 0 Å². The average molecular weight is 195 g/mol. The zero-order valence-electron chi connectivity index (χ0n) is 5.65. The summed E-state index contributed by atoms with van der Waals surface area (Å²) < 4.78 is -0.344. The fourth-order valence-corrected chi connectivity index (χ4v) is 0.744. The standard InChI is InChI=1S/C5H9NO3S2/c7-3(1-5(10)11)6-2-4(8)9/h5,10-11H,1-2H2,(H,6,7)(H,8,9). The molecule has 0 aliphatic rings. The van der Waals surface area contributed by atoms with Gasteiger partial charge in [-0.1, -0.05) is 0 Å². The van der Waals surface area contributed by atoms with Crippen LogP contribution in [0.3, 0.4) is 0 Å². The molecule has 0 radical (unpaired) electrons. The first kappa shape index (κ1) is 10.6. The Hall–Kier alpha value is -0.360. The molecule has 2 N–H and O–H groups in total. The van der Waals surface area contributed by atoms with Crippen molar-refractivity contribution in [3.8, 4) is 0 Å². The minimum absolute atomic E-state index is 0.111. The molecule has 0 bridgehead atoms. The number of nitrogens with one attached hydrogen (secondary N) is 1. The summed E-state index contributed by atoms with van der Waals surface area (Å²) in [5.74, 6) is -1.42. The van der Waals surface area contributed by atoms with Crippen molar-refractivity contribution in [1.82, 2.24) is 5.32 Å². The van der Waals surface area contributed by atoms with Gasteiger partial charge in [0.25, 0.3) is 0 Å². The Kier molecular flexibility index (Phi) is 5.14. The van der Waals surface area contributed by atoms with E-state index in [1.54, 1.807) is 0 Å². The van der Waals surface area contributed by atoms with Crippen LogP contribution in [0.15, 0.2) is 0 Å². The number of carboxylic acids is 1. The highest BCUT2D eigenvalue weighted by Crippen LogP contribution is 2.03. The third-order valence-electron chi connectivity index (χ3n) is 0.805. The molecule has 64 valence electrons. The van der Waals surface area contributed by atoms with Crippen molar-refractivity contribution in [3.05, 3.63) is 0 Å². The molecule has 0 unspecified atom stereocenters. The van der Waals surface area contributed by atoms with Crippen LogP contribution in [-0.2, 0) is 9.59 Å². The van der Waals surface area contributed by atoms with Gasteiger partial charge in [0.05, 0.1) is 4.58 Å². The van der Waals surface area contributed by atoms with Gasteiger partial charge in [-0.15, -0.1) is 0 Å². The molecule has 4 nitrogen and oxygen atoms in total. The summed E-state index contributed by atoms with van der Waals surface area (Å²) in [6.07, 6.45) is 0.111. The number of thiol groups is 2. The Morgan fingerprint density at radius 3 is 2.36 bits per heavy atom. The third kappa shape index (κ3) is 7.54. The number of hydrogen-bond donors (Lipinski definition) is 4. The SMILES string of the molecule is O=C(O)CNC(=O)CC(S)S. The Balaban J connectivity index is 3.45. The molecule has 11 heavy (non-hydrogen) atoms. The summed E-state index contributed by atoms with van der Waals surface area (Å²) in [5.41, 5.74) is 0. The van der Waals surface area contributed by atoms with E-state index in [2.05, 4.69) is 30.6 Å². The largest absolute Gasteiger partial charge is 0.480 e. The van der Waals surface area contributed by atoms with Crippen molar-refractivity contribution in [1.29, 1.82) is 0 Å². The summed E-state index contributed by atoms with van der Waals surface area (Å²) in [7, 11) is 0. The lowest BCUT2D eigenvalue weighted by atomic mass is 10.4. The van der Waals surface area contributed by atoms with Gasteiger partial charge in [-0.2, -0.15) is 25.3 Å². The summed E-state index contributed by atoms with van der Waals surface area (Å²) in [6.45, 7) is -0.354. The van der Waals surface area contributed by atoms with Gasteiger partial charge in [-0.3, -0.25) is 9.59 Å². The van der Waals surface area contributed by atoms with E-state index in [-0.39, 0.29) is 23.5 Å². The van der Waals surface area contributed by atoms with E-state index in [4.69, 9.17) is 5.11 Å². The van der Waals surface area contributed by atoms with E-state index in [1.165, 1.54) is 0 Å². The first-order valence-electron chi connectivity index (χ1n) is 2.87. The fourth-order valence-electron chi connectivity index (χ4n) is 0.412. The molecular weight excluding hydrogens is 186 g/mol. The van der Waals surface area contributed by atoms with Crippen LogP contribution in [0, 0.1) is 0 Å². The molecular formula is C5H9NO3S2. The van der Waals surface area contributed by atoms with Crippen molar-refractivity contribution in [2.45, 2.75) is 11.0 Å². The lowest BCUT2D eigenvalue weighted by Gasteiger charge is -2.02. The maximum Gasteiger partial charge on any atom is 0.322 e. The predicted octanol–water partition coefficient (Wildman–Crippen LogP) is -0.237. The minimum Gasteiger partial charge on any atom is -0.480 e. The molecule has 0 heterocycles. The zero-order valence-corrected chi connectivity index (χ0v) is 7.44. The maximum absolute atomic E-state index is 10.7. The highest BCUT2D eigenvalue weighted by atomic mass is 32.2. The summed E-state index contributed by atoms with van der Waals surface area (Å²) in [4.78, 5) is 20.6. The summed E-state index contributed by atoms with van der Waals surface area (Å²) in [6, 6.07) is 0. The van der Waals surface area contributed by atoms with Gasteiger partial charge in [0.2, 0.25) is 5.91 Å². The molecule has 0 spiro atoms. The molecule has 1 amide bonds. The molecule has 6 heteroatoms. The molecule has 0 saturated heterocycles. The maximum atomic E-state index is 10.7. The van der Waals surface area contributed by atoms with Crippen molar-refractivity contribution in [2.24, 2.45) is 0 Å². The lowest BCUT2D eigenvalue weighted by molar-refractivity contribution is -0.137. The van der Waals surface area contributed by atoms with E-state index in [9.17, 15) is 9.59 Å². The first-order chi connectivity index (χ1) is 5.02. The zero-order chi connectivity index (χ0) is 8.85. The van der Waals surface area contributed by atoms with Crippen LogP contribution in [0.25, 0.3) is 0 Å². The second kappa shape index (κ2) is 5.31. The van der Waals surface area contributed by atoms with Crippen molar-refractivity contribution >= 4 is 37.1 Å². The number of carboxylic acid groups (broad SMARTS) is 1. The number of amides is 1. The van der Waals surface area contributed by atoms with Crippen LogP contribution in [-0.4, -0.2) is 28.1 Å². The predicted molar refractivity (Wildman–Crippen MR) is 47.0 cm³/mol. The van der Waals surface area contributed by atoms with E-state index in [0.717, 1.165) is 0 Å². The van der Waals surface area contributed by atoms with Gasteiger partial charge in [-0.05, 0) is 0 Å². The molecule has 0 saturated carbocycles. The highest BCUT2D eigenvalue weighted by molar-refractivity contribution is 7.99. The minimum atomic E-state index is -1.06. The van der Waals surface area contributed by atoms with Crippen LogP contribution < -0.4 is 5.32 Å². The number of carbonyl (C=O) groups is 2. The average Bonchev–Trinajstić information content (AvgIpc) is 1.82. The number of rotatable bonds is 4. The van der Waals surface area contributed by atoms with Gasteiger partial charge in [-0.25, -0.2) is 0 Å². The molecule has 0 aromatic heterocycles. The van der Waals surface area contributed by atoms with E-state index in [1.807, 2.05) is 0 Å². The molecule has 0 aromatic rings. The molecule has 0 aliphatic heterocycles. The molecule has 0 atom stereocenters. The number of carbonyl (C=O) groups excluding carboxylic acids is 1. The Morgan fingerprint density at radius 2 is 2.00 bits per heavy atom. The van der Waals surface area contributed by atoms with Crippen molar-refractivity contribution < 1.29 is 14.7 Å². The van der Waals surface area contributed by atoms with Gasteiger partial charge in [0, 0.05) is 6.42 Å². The van der Waals surface area contributed by atoms with Crippen molar-refractivity contribution in [2.75, 3.05) is 6.54 Å². The smallest absolute Gasteiger partial charge is 0.322 e. The molecule has 0 aromatic carbocycles. The van der Waals surface area contributed by atoms with Gasteiger partial charge in [0.1, 0.15) is 6.54 Å². The highest BCUT2D eigenvalue weighted by Gasteiger charge is 2.06. The monoisotopic (exact) mass is 195 g/mol. The number of hydrogen-bond acceptors (Lipinski definition) is 4. The topological polar surface area (TPSA) is 66.4 Å². The molecule has 0 rings (SSSR count). The molecule has 0 fully saturated rings. The quantitative estimate of drug-likeness (QED) is 0.370. The second-order valence-electron chi connectivity index (χ2n) is 1.86. The van der Waals surface area contributed by atoms with E-state index < -0.39 is 5.97 Å². The van der Waals surface area contributed by atoms with Crippen LogP contribution in [0.2, 0.25) is 0 Å². The summed E-state index contributed by atoms with van der Waals surface area (Å²) >= 11 is 7.68. The number of aliphatic carboxylic acids is 1. The van der Waals surface area contributed by atoms with Gasteiger partial charge < -0.3 is 10.4 Å². The van der Waals surface area contributed by atoms with Crippen LogP contribution in [0.4, 0.5) is 0 Å². The Morgan fingerprint density at radius 1 is 1.45 bits per heavy atom. The normalized spacial score (nSPS) is 9.73. The molecule has 0 aliphatic carbocycles. The van der Waals surface area contributed by atoms with Crippen LogP contribution >= 0.6 is 25.3 Å². The van der Waals surface area contributed by atoms with Crippen LogP contribution in [0.1, 0.15) is 6.42 Å². The summed E-state index contributed by atoms with van der Waals surface area (Å²) in [5, 5.41) is 10.3. The van der Waals surface area contributed by atoms with Gasteiger partial charge in [0.15, 0.2) is 0 Å². The van der Waals surface area contributed by atoms with Gasteiger partial charge >= 0.3 is 5.97 Å². The van der Waals surface area contributed by atoms with E-state index >= 15 is 0 Å². The third-order valence-corrected chi connectivity index (χ3v) is 1.17. The van der Waals surface area contributed by atoms with Crippen molar-refractivity contribution in [3.63, 3.8) is 0 Å². The Bertz CT molecular complexity index is 160. The second-order valence-corrected chi connectivity index (χ2v) is 3.51. The lowest BCUT2D eigenvalue weighted by Crippen LogP contribution is -2.30. The van der Waals surface area contributed by atoms with E-state index in [0.29, 0.717) is 0 Å². The first-order valence-corrected chi connectivity index (χ1v) is 3.90.